The van der Waals surface area contributed by atoms with Crippen LogP contribution < -0.4 is 9.86 Å². The van der Waals surface area contributed by atoms with Gasteiger partial charge < -0.3 is 0 Å². The molecule has 3 rings (SSSR count). The van der Waals surface area contributed by atoms with Crippen molar-refractivity contribution < 1.29 is 8.42 Å². The number of hydrogen-bond donors (Lipinski definition) is 2. The van der Waals surface area contributed by atoms with Crippen LogP contribution in [0.3, 0.4) is 0 Å². The van der Waals surface area contributed by atoms with Crippen molar-refractivity contribution in [2.75, 3.05) is 4.72 Å². The molecule has 5 heteroatoms. The fourth-order valence-electron chi connectivity index (χ4n) is 2.52. The maximum Gasteiger partial charge on any atom is 0.296 e. The summed E-state index contributed by atoms with van der Waals surface area (Å²) in [5.74, 6) is 0. The first kappa shape index (κ1) is 14.6. The average Bonchev–Trinajstić information content (AvgIpc) is 2.48. The molecule has 0 spiro atoms. The van der Waals surface area contributed by atoms with Crippen LogP contribution in [0.4, 0.5) is 5.69 Å². The van der Waals surface area contributed by atoms with Crippen LogP contribution in [-0.4, -0.2) is 8.42 Å². The summed E-state index contributed by atoms with van der Waals surface area (Å²) in [7, 11) is -3.73. The van der Waals surface area contributed by atoms with Gasteiger partial charge in [0.2, 0.25) is 0 Å². The first-order valence-electron chi connectivity index (χ1n) is 6.87. The van der Waals surface area contributed by atoms with Crippen LogP contribution in [0.1, 0.15) is 11.1 Å². The van der Waals surface area contributed by atoms with Crippen molar-refractivity contribution in [2.24, 2.45) is 5.14 Å². The number of benzene rings is 3. The second kappa shape index (κ2) is 5.79. The summed E-state index contributed by atoms with van der Waals surface area (Å²) < 4.78 is 24.2. The topological polar surface area (TPSA) is 72.2 Å². The van der Waals surface area contributed by atoms with E-state index in [0.29, 0.717) is 5.69 Å². The fraction of sp³-hybridized carbons (Fsp3) is 0.0588. The SMILES string of the molecule is NS(=O)(=O)Nc1ccc(Cc2cccc3ccccc23)cc1. The van der Waals surface area contributed by atoms with Gasteiger partial charge >= 0.3 is 0 Å². The zero-order chi connectivity index (χ0) is 15.6. The van der Waals surface area contributed by atoms with Crippen LogP contribution in [0, 0.1) is 0 Å². The molecule has 0 saturated heterocycles. The van der Waals surface area contributed by atoms with Crippen molar-refractivity contribution in [2.45, 2.75) is 6.42 Å². The third kappa shape index (κ3) is 3.44. The van der Waals surface area contributed by atoms with E-state index in [9.17, 15) is 8.42 Å². The highest BCUT2D eigenvalue weighted by Crippen LogP contribution is 2.22. The van der Waals surface area contributed by atoms with Gasteiger partial charge in [-0.25, -0.2) is 5.14 Å². The number of fused-ring (bicyclic) bond motifs is 1. The lowest BCUT2D eigenvalue weighted by molar-refractivity contribution is 0.603. The zero-order valence-electron chi connectivity index (χ0n) is 11.9. The highest BCUT2D eigenvalue weighted by atomic mass is 32.2. The third-order valence-electron chi connectivity index (χ3n) is 3.49. The first-order chi connectivity index (χ1) is 10.5. The van der Waals surface area contributed by atoms with Gasteiger partial charge in [-0.05, 0) is 40.5 Å². The van der Waals surface area contributed by atoms with Crippen LogP contribution in [-0.2, 0) is 16.6 Å². The molecule has 3 aromatic carbocycles. The Hall–Kier alpha value is -2.37. The lowest BCUT2D eigenvalue weighted by Crippen LogP contribution is -2.21. The zero-order valence-corrected chi connectivity index (χ0v) is 12.7. The van der Waals surface area contributed by atoms with Gasteiger partial charge in [0.15, 0.2) is 0 Å². The Morgan fingerprint density at radius 3 is 2.27 bits per heavy atom. The molecule has 0 atom stereocenters. The second-order valence-electron chi connectivity index (χ2n) is 5.16. The number of nitrogens with one attached hydrogen (secondary N) is 1. The van der Waals surface area contributed by atoms with Crippen LogP contribution in [0.2, 0.25) is 0 Å². The van der Waals surface area contributed by atoms with Gasteiger partial charge in [-0.3, -0.25) is 4.72 Å². The molecule has 0 radical (unpaired) electrons. The highest BCUT2D eigenvalue weighted by Gasteiger charge is 2.04. The van der Waals surface area contributed by atoms with E-state index >= 15 is 0 Å². The van der Waals surface area contributed by atoms with Crippen molar-refractivity contribution in [1.29, 1.82) is 0 Å². The summed E-state index contributed by atoms with van der Waals surface area (Å²) in [5, 5.41) is 7.40. The van der Waals surface area contributed by atoms with Crippen molar-refractivity contribution >= 4 is 26.7 Å². The average molecular weight is 312 g/mol. The largest absolute Gasteiger partial charge is 0.296 e. The number of nitrogens with two attached hydrogens (primary N) is 1. The minimum Gasteiger partial charge on any atom is -0.271 e. The summed E-state index contributed by atoms with van der Waals surface area (Å²) in [6.45, 7) is 0. The molecule has 0 heterocycles. The second-order valence-corrected chi connectivity index (χ2v) is 6.45. The lowest BCUT2D eigenvalue weighted by Gasteiger charge is -2.08. The normalized spacial score (nSPS) is 11.5. The van der Waals surface area contributed by atoms with Gasteiger partial charge in [0.05, 0.1) is 0 Å². The molecule has 4 nitrogen and oxygen atoms in total. The molecular formula is C17H16N2O2S. The van der Waals surface area contributed by atoms with E-state index in [1.54, 1.807) is 12.1 Å². The third-order valence-corrected chi connectivity index (χ3v) is 4.01. The van der Waals surface area contributed by atoms with E-state index in [1.165, 1.54) is 16.3 Å². The Morgan fingerprint density at radius 1 is 0.864 bits per heavy atom. The van der Waals surface area contributed by atoms with Crippen LogP contribution in [0.25, 0.3) is 10.8 Å². The molecule has 0 aliphatic heterocycles. The minimum atomic E-state index is -3.73. The van der Waals surface area contributed by atoms with Gasteiger partial charge in [0.1, 0.15) is 0 Å². The molecule has 0 fully saturated rings. The molecule has 0 aliphatic carbocycles. The predicted molar refractivity (Wildman–Crippen MR) is 89.9 cm³/mol. The number of rotatable bonds is 4. The molecule has 3 aromatic rings. The maximum absolute atomic E-state index is 11.0. The molecule has 0 aliphatic rings. The Labute approximate surface area is 129 Å². The maximum atomic E-state index is 11.0. The van der Waals surface area contributed by atoms with Crippen LogP contribution in [0.15, 0.2) is 66.7 Å². The molecule has 0 aromatic heterocycles. The molecule has 3 N–H and O–H groups in total. The van der Waals surface area contributed by atoms with E-state index < -0.39 is 10.2 Å². The van der Waals surface area contributed by atoms with Gasteiger partial charge in [-0.15, -0.1) is 0 Å². The molecule has 22 heavy (non-hydrogen) atoms. The summed E-state index contributed by atoms with van der Waals surface area (Å²) in [6.07, 6.45) is 0.789. The van der Waals surface area contributed by atoms with Gasteiger partial charge in [0, 0.05) is 5.69 Å². The van der Waals surface area contributed by atoms with Crippen LogP contribution in [0.5, 0.6) is 0 Å². The van der Waals surface area contributed by atoms with Crippen molar-refractivity contribution in [3.8, 4) is 0 Å². The Kier molecular flexibility index (Phi) is 3.83. The highest BCUT2D eigenvalue weighted by molar-refractivity contribution is 7.90. The Balaban J connectivity index is 1.86. The first-order valence-corrected chi connectivity index (χ1v) is 8.42. The van der Waals surface area contributed by atoms with Crippen molar-refractivity contribution in [1.82, 2.24) is 0 Å². The molecular weight excluding hydrogens is 296 g/mol. The quantitative estimate of drug-likeness (QED) is 0.777. The van der Waals surface area contributed by atoms with Gasteiger partial charge in [-0.2, -0.15) is 8.42 Å². The van der Waals surface area contributed by atoms with Gasteiger partial charge in [-0.1, -0.05) is 54.6 Å². The predicted octanol–water partition coefficient (Wildman–Crippen LogP) is 3.05. The molecule has 0 amide bonds. The van der Waals surface area contributed by atoms with E-state index in [-0.39, 0.29) is 0 Å². The molecule has 0 unspecified atom stereocenters. The summed E-state index contributed by atoms with van der Waals surface area (Å²) >= 11 is 0. The van der Waals surface area contributed by atoms with E-state index in [2.05, 4.69) is 35.1 Å². The van der Waals surface area contributed by atoms with E-state index in [1.807, 2.05) is 24.3 Å². The van der Waals surface area contributed by atoms with Crippen molar-refractivity contribution in [3.05, 3.63) is 77.9 Å². The molecule has 112 valence electrons. The summed E-state index contributed by atoms with van der Waals surface area (Å²) in [6, 6.07) is 21.7. The fourth-order valence-corrected chi connectivity index (χ4v) is 2.99. The van der Waals surface area contributed by atoms with Gasteiger partial charge in [0.25, 0.3) is 10.2 Å². The molecule has 0 bridgehead atoms. The monoisotopic (exact) mass is 312 g/mol. The smallest absolute Gasteiger partial charge is 0.271 e. The lowest BCUT2D eigenvalue weighted by atomic mass is 9.98. The van der Waals surface area contributed by atoms with E-state index in [4.69, 9.17) is 5.14 Å². The summed E-state index contributed by atoms with van der Waals surface area (Å²) in [5.41, 5.74) is 2.81. The minimum absolute atomic E-state index is 0.462. The standard InChI is InChI=1S/C17H16N2O2S/c18-22(20,21)19-16-10-8-13(9-11-16)12-15-6-3-5-14-4-1-2-7-17(14)15/h1-11,19H,12H2,(H2,18,20,21). The number of anilines is 1. The number of hydrogen-bond acceptors (Lipinski definition) is 2. The van der Waals surface area contributed by atoms with Crippen LogP contribution >= 0.6 is 0 Å². The Bertz CT molecular complexity index is 898. The Morgan fingerprint density at radius 2 is 1.55 bits per heavy atom. The van der Waals surface area contributed by atoms with Crippen molar-refractivity contribution in [3.63, 3.8) is 0 Å². The van der Waals surface area contributed by atoms with E-state index in [0.717, 1.165) is 12.0 Å². The summed E-state index contributed by atoms with van der Waals surface area (Å²) in [4.78, 5) is 0. The molecule has 0 saturated carbocycles.